The van der Waals surface area contributed by atoms with E-state index in [-0.39, 0.29) is 11.7 Å². The minimum Gasteiger partial charge on any atom is -0.330 e. The Labute approximate surface area is 101 Å². The summed E-state index contributed by atoms with van der Waals surface area (Å²) in [5.74, 6) is 1.57. The highest BCUT2D eigenvalue weighted by atomic mass is 16.1. The lowest BCUT2D eigenvalue weighted by Crippen LogP contribution is -2.27. The summed E-state index contributed by atoms with van der Waals surface area (Å²) in [6.07, 6.45) is 5.11. The number of hydrogen-bond donors (Lipinski definition) is 1. The van der Waals surface area contributed by atoms with Crippen LogP contribution in [0.5, 0.6) is 0 Å². The highest BCUT2D eigenvalue weighted by Crippen LogP contribution is 2.32. The minimum absolute atomic E-state index is 0.141. The van der Waals surface area contributed by atoms with E-state index in [1.807, 2.05) is 6.92 Å². The summed E-state index contributed by atoms with van der Waals surface area (Å²) in [7, 11) is 0. The molecule has 0 bridgehead atoms. The fourth-order valence-corrected chi connectivity index (χ4v) is 2.72. The summed E-state index contributed by atoms with van der Waals surface area (Å²) >= 11 is 0. The number of aromatic nitrogens is 3. The largest absolute Gasteiger partial charge is 0.330 e. The second-order valence-corrected chi connectivity index (χ2v) is 4.67. The molecule has 2 unspecified atom stereocenters. The third kappa shape index (κ3) is 2.54. The summed E-state index contributed by atoms with van der Waals surface area (Å²) in [5.41, 5.74) is 5.71. The van der Waals surface area contributed by atoms with Gasteiger partial charge in [-0.1, -0.05) is 6.42 Å². The molecule has 0 radical (unpaired) electrons. The third-order valence-electron chi connectivity index (χ3n) is 3.70. The standard InChI is InChI=1S/C12H20N4O/c1-2-16-12(14-8-15-16)6-11(17)10-5-3-4-9(10)7-13/h8-10H,2-7,13H2,1H3. The van der Waals surface area contributed by atoms with Gasteiger partial charge in [-0.15, -0.1) is 0 Å². The highest BCUT2D eigenvalue weighted by Gasteiger charge is 2.32. The number of hydrogen-bond acceptors (Lipinski definition) is 4. The molecule has 2 N–H and O–H groups in total. The van der Waals surface area contributed by atoms with Crippen molar-refractivity contribution in [2.24, 2.45) is 17.6 Å². The van der Waals surface area contributed by atoms with Crippen molar-refractivity contribution < 1.29 is 4.79 Å². The molecule has 1 aliphatic carbocycles. The molecule has 17 heavy (non-hydrogen) atoms. The molecule has 0 aliphatic heterocycles. The van der Waals surface area contributed by atoms with Crippen molar-refractivity contribution in [3.63, 3.8) is 0 Å². The van der Waals surface area contributed by atoms with E-state index in [2.05, 4.69) is 10.1 Å². The van der Waals surface area contributed by atoms with Crippen LogP contribution in [-0.2, 0) is 17.8 Å². The summed E-state index contributed by atoms with van der Waals surface area (Å²) in [6, 6.07) is 0. The Bertz CT molecular complexity index is 388. The number of Topliss-reactive ketones (excluding diaryl/α,β-unsaturated/α-hetero) is 1. The molecule has 1 heterocycles. The Kier molecular flexibility index (Phi) is 3.89. The molecule has 0 aromatic carbocycles. The number of rotatable bonds is 5. The van der Waals surface area contributed by atoms with E-state index in [1.165, 1.54) is 6.33 Å². The van der Waals surface area contributed by atoms with E-state index in [1.54, 1.807) is 4.68 Å². The van der Waals surface area contributed by atoms with Crippen molar-refractivity contribution in [1.29, 1.82) is 0 Å². The molecule has 1 saturated carbocycles. The number of nitrogens with two attached hydrogens (primary N) is 1. The Balaban J connectivity index is 2.01. The number of carbonyl (C=O) groups excluding carboxylic acids is 1. The van der Waals surface area contributed by atoms with Crippen LogP contribution in [-0.4, -0.2) is 27.1 Å². The van der Waals surface area contributed by atoms with Gasteiger partial charge in [0.15, 0.2) is 0 Å². The molecule has 0 saturated heterocycles. The number of nitrogens with zero attached hydrogens (tertiary/aromatic N) is 3. The van der Waals surface area contributed by atoms with Crippen LogP contribution >= 0.6 is 0 Å². The predicted molar refractivity (Wildman–Crippen MR) is 64.3 cm³/mol. The molecule has 2 rings (SSSR count). The third-order valence-corrected chi connectivity index (χ3v) is 3.70. The van der Waals surface area contributed by atoms with Crippen molar-refractivity contribution in [2.45, 2.75) is 39.2 Å². The van der Waals surface area contributed by atoms with Gasteiger partial charge in [0.2, 0.25) is 0 Å². The lowest BCUT2D eigenvalue weighted by molar-refractivity contribution is -0.123. The van der Waals surface area contributed by atoms with Crippen LogP contribution in [0.4, 0.5) is 0 Å². The fraction of sp³-hybridized carbons (Fsp3) is 0.750. The van der Waals surface area contributed by atoms with Crippen molar-refractivity contribution in [3.05, 3.63) is 12.2 Å². The van der Waals surface area contributed by atoms with Crippen LogP contribution in [0.2, 0.25) is 0 Å². The summed E-state index contributed by atoms with van der Waals surface area (Å²) in [5, 5.41) is 4.08. The van der Waals surface area contributed by atoms with E-state index in [0.717, 1.165) is 31.6 Å². The van der Waals surface area contributed by atoms with Gasteiger partial charge in [-0.05, 0) is 32.2 Å². The van der Waals surface area contributed by atoms with Crippen molar-refractivity contribution in [2.75, 3.05) is 6.54 Å². The van der Waals surface area contributed by atoms with Crippen LogP contribution in [0.1, 0.15) is 32.0 Å². The maximum atomic E-state index is 12.2. The van der Waals surface area contributed by atoms with Crippen molar-refractivity contribution in [3.8, 4) is 0 Å². The summed E-state index contributed by atoms with van der Waals surface area (Å²) in [6.45, 7) is 3.38. The van der Waals surface area contributed by atoms with Crippen LogP contribution in [0, 0.1) is 11.8 Å². The van der Waals surface area contributed by atoms with Gasteiger partial charge in [0.25, 0.3) is 0 Å². The molecule has 1 aromatic heterocycles. The molecule has 0 spiro atoms. The molecule has 1 aliphatic rings. The number of ketones is 1. The lowest BCUT2D eigenvalue weighted by Gasteiger charge is -2.16. The quantitative estimate of drug-likeness (QED) is 0.820. The summed E-state index contributed by atoms with van der Waals surface area (Å²) < 4.78 is 1.78. The monoisotopic (exact) mass is 236 g/mol. The predicted octanol–water partition coefficient (Wildman–Crippen LogP) is 0.785. The zero-order chi connectivity index (χ0) is 12.3. The first kappa shape index (κ1) is 12.2. The Morgan fingerprint density at radius 1 is 1.59 bits per heavy atom. The highest BCUT2D eigenvalue weighted by molar-refractivity contribution is 5.83. The first-order valence-corrected chi connectivity index (χ1v) is 6.35. The normalized spacial score (nSPS) is 24.1. The number of aryl methyl sites for hydroxylation is 1. The molecule has 2 atom stereocenters. The Hall–Kier alpha value is -1.23. The van der Waals surface area contributed by atoms with E-state index < -0.39 is 0 Å². The first-order chi connectivity index (χ1) is 8.26. The molecule has 94 valence electrons. The molecule has 1 fully saturated rings. The Morgan fingerprint density at radius 3 is 3.12 bits per heavy atom. The second-order valence-electron chi connectivity index (χ2n) is 4.67. The molecule has 5 nitrogen and oxygen atoms in total. The second kappa shape index (κ2) is 5.40. The smallest absolute Gasteiger partial charge is 0.143 e. The van der Waals surface area contributed by atoms with Gasteiger partial charge in [0, 0.05) is 12.5 Å². The topological polar surface area (TPSA) is 73.8 Å². The van der Waals surface area contributed by atoms with Crippen LogP contribution in [0.25, 0.3) is 0 Å². The first-order valence-electron chi connectivity index (χ1n) is 6.35. The van der Waals surface area contributed by atoms with Gasteiger partial charge >= 0.3 is 0 Å². The van der Waals surface area contributed by atoms with Gasteiger partial charge in [-0.25, -0.2) is 9.67 Å². The number of carbonyl (C=O) groups is 1. The molecule has 0 amide bonds. The van der Waals surface area contributed by atoms with Crippen molar-refractivity contribution in [1.82, 2.24) is 14.8 Å². The zero-order valence-corrected chi connectivity index (χ0v) is 10.3. The van der Waals surface area contributed by atoms with Crippen molar-refractivity contribution >= 4 is 5.78 Å². The molecule has 5 heteroatoms. The molecular weight excluding hydrogens is 216 g/mol. The Morgan fingerprint density at radius 2 is 2.41 bits per heavy atom. The molecular formula is C12H20N4O. The zero-order valence-electron chi connectivity index (χ0n) is 10.3. The van der Waals surface area contributed by atoms with E-state index in [0.29, 0.717) is 18.9 Å². The van der Waals surface area contributed by atoms with Crippen LogP contribution in [0.3, 0.4) is 0 Å². The average Bonchev–Trinajstić information content (AvgIpc) is 2.96. The maximum Gasteiger partial charge on any atom is 0.143 e. The van der Waals surface area contributed by atoms with Crippen LogP contribution < -0.4 is 5.73 Å². The van der Waals surface area contributed by atoms with Gasteiger partial charge in [0.1, 0.15) is 17.9 Å². The lowest BCUT2D eigenvalue weighted by atomic mass is 9.90. The minimum atomic E-state index is 0.141. The van der Waals surface area contributed by atoms with E-state index in [4.69, 9.17) is 5.73 Å². The van der Waals surface area contributed by atoms with Gasteiger partial charge in [-0.3, -0.25) is 4.79 Å². The molecule has 1 aromatic rings. The van der Waals surface area contributed by atoms with Crippen LogP contribution in [0.15, 0.2) is 6.33 Å². The van der Waals surface area contributed by atoms with E-state index >= 15 is 0 Å². The van der Waals surface area contributed by atoms with Gasteiger partial charge in [-0.2, -0.15) is 5.10 Å². The SMILES string of the molecule is CCn1ncnc1CC(=O)C1CCCC1CN. The summed E-state index contributed by atoms with van der Waals surface area (Å²) in [4.78, 5) is 16.4. The van der Waals surface area contributed by atoms with Gasteiger partial charge in [0.05, 0.1) is 6.42 Å². The average molecular weight is 236 g/mol. The van der Waals surface area contributed by atoms with Gasteiger partial charge < -0.3 is 5.73 Å². The fourth-order valence-electron chi connectivity index (χ4n) is 2.72. The maximum absolute atomic E-state index is 12.2. The van der Waals surface area contributed by atoms with E-state index in [9.17, 15) is 4.79 Å².